The van der Waals surface area contributed by atoms with Crippen LogP contribution in [-0.4, -0.2) is 22.2 Å². The van der Waals surface area contributed by atoms with Gasteiger partial charge < -0.3 is 15.5 Å². The lowest BCUT2D eigenvalue weighted by molar-refractivity contribution is 0.626. The minimum Gasteiger partial charge on any atom is -0.424 e. The summed E-state index contributed by atoms with van der Waals surface area (Å²) < 4.78 is 5.29. The first kappa shape index (κ1) is 11.8. The van der Waals surface area contributed by atoms with E-state index < -0.39 is 0 Å². The van der Waals surface area contributed by atoms with Crippen molar-refractivity contribution < 1.29 is 4.42 Å². The number of nitrogens with two attached hydrogens (primary N) is 1. The average molecular weight is 279 g/mol. The van der Waals surface area contributed by atoms with Crippen LogP contribution in [0.15, 0.2) is 40.8 Å². The minimum atomic E-state index is 0.185. The Hall–Kier alpha value is -3.02. The fraction of sp³-hybridized carbons (Fsp3) is 0.0667. The SMILES string of the molecule is CNc1n[nH]c2cc(-c3ccc4oc(N)nc4c3)ccc12. The summed E-state index contributed by atoms with van der Waals surface area (Å²) >= 11 is 0. The molecule has 0 aliphatic heterocycles. The van der Waals surface area contributed by atoms with Gasteiger partial charge in [0.25, 0.3) is 6.01 Å². The van der Waals surface area contributed by atoms with Gasteiger partial charge in [-0.15, -0.1) is 0 Å². The van der Waals surface area contributed by atoms with Crippen molar-refractivity contribution in [2.75, 3.05) is 18.1 Å². The fourth-order valence-corrected chi connectivity index (χ4v) is 2.51. The highest BCUT2D eigenvalue weighted by molar-refractivity contribution is 5.93. The smallest absolute Gasteiger partial charge is 0.292 e. The molecule has 0 aliphatic carbocycles. The van der Waals surface area contributed by atoms with Crippen molar-refractivity contribution in [1.82, 2.24) is 15.2 Å². The van der Waals surface area contributed by atoms with Gasteiger partial charge in [0.1, 0.15) is 5.52 Å². The number of nitrogen functional groups attached to an aromatic ring is 1. The molecule has 0 fully saturated rings. The van der Waals surface area contributed by atoms with E-state index in [1.165, 1.54) is 0 Å². The van der Waals surface area contributed by atoms with Crippen LogP contribution >= 0.6 is 0 Å². The predicted molar refractivity (Wildman–Crippen MR) is 83.1 cm³/mol. The number of aromatic amines is 1. The third-order valence-corrected chi connectivity index (χ3v) is 3.54. The van der Waals surface area contributed by atoms with Gasteiger partial charge in [-0.2, -0.15) is 10.1 Å². The second-order valence-corrected chi connectivity index (χ2v) is 4.82. The molecular weight excluding hydrogens is 266 g/mol. The van der Waals surface area contributed by atoms with Crippen LogP contribution in [-0.2, 0) is 0 Å². The highest BCUT2D eigenvalue weighted by Gasteiger charge is 2.08. The highest BCUT2D eigenvalue weighted by atomic mass is 16.4. The van der Waals surface area contributed by atoms with E-state index in [1.807, 2.05) is 31.3 Å². The number of aromatic nitrogens is 3. The van der Waals surface area contributed by atoms with Gasteiger partial charge in [0.2, 0.25) is 0 Å². The molecule has 4 rings (SSSR count). The van der Waals surface area contributed by atoms with E-state index in [0.29, 0.717) is 5.58 Å². The Morgan fingerprint density at radius 3 is 2.81 bits per heavy atom. The van der Waals surface area contributed by atoms with E-state index in [1.54, 1.807) is 0 Å². The first-order valence-corrected chi connectivity index (χ1v) is 6.57. The monoisotopic (exact) mass is 279 g/mol. The van der Waals surface area contributed by atoms with E-state index in [4.69, 9.17) is 10.2 Å². The van der Waals surface area contributed by atoms with E-state index in [2.05, 4.69) is 32.6 Å². The van der Waals surface area contributed by atoms with Gasteiger partial charge in [0, 0.05) is 12.4 Å². The Bertz CT molecular complexity index is 953. The predicted octanol–water partition coefficient (Wildman–Crippen LogP) is 3.00. The normalized spacial score (nSPS) is 11.3. The lowest BCUT2D eigenvalue weighted by Gasteiger charge is -2.02. The van der Waals surface area contributed by atoms with Crippen LogP contribution in [0.4, 0.5) is 11.8 Å². The lowest BCUT2D eigenvalue weighted by Crippen LogP contribution is -1.87. The number of nitrogens with zero attached hydrogens (tertiary/aromatic N) is 2. The molecule has 2 aromatic carbocycles. The summed E-state index contributed by atoms with van der Waals surface area (Å²) in [6, 6.07) is 12.2. The first-order chi connectivity index (χ1) is 10.2. The molecular formula is C15H13N5O. The number of hydrogen-bond donors (Lipinski definition) is 3. The van der Waals surface area contributed by atoms with Gasteiger partial charge in [0.15, 0.2) is 11.4 Å². The van der Waals surface area contributed by atoms with Crippen LogP contribution in [0.25, 0.3) is 33.1 Å². The highest BCUT2D eigenvalue weighted by Crippen LogP contribution is 2.29. The largest absolute Gasteiger partial charge is 0.424 e. The molecule has 0 saturated heterocycles. The maximum absolute atomic E-state index is 5.57. The van der Waals surface area contributed by atoms with Gasteiger partial charge in [-0.05, 0) is 35.4 Å². The molecule has 0 atom stereocenters. The average Bonchev–Trinajstić information content (AvgIpc) is 3.07. The Morgan fingerprint density at radius 1 is 1.14 bits per heavy atom. The van der Waals surface area contributed by atoms with Gasteiger partial charge >= 0.3 is 0 Å². The fourth-order valence-electron chi connectivity index (χ4n) is 2.51. The molecule has 6 nitrogen and oxygen atoms in total. The Balaban J connectivity index is 1.86. The number of benzene rings is 2. The van der Waals surface area contributed by atoms with Crippen LogP contribution < -0.4 is 11.1 Å². The van der Waals surface area contributed by atoms with Crippen molar-refractivity contribution in [3.05, 3.63) is 36.4 Å². The third-order valence-electron chi connectivity index (χ3n) is 3.54. The maximum Gasteiger partial charge on any atom is 0.292 e. The van der Waals surface area contributed by atoms with Crippen LogP contribution in [0, 0.1) is 0 Å². The molecule has 0 spiro atoms. The summed E-state index contributed by atoms with van der Waals surface area (Å²) in [5, 5.41) is 11.4. The molecule has 0 aliphatic rings. The number of hydrogen-bond acceptors (Lipinski definition) is 5. The molecule has 6 heteroatoms. The van der Waals surface area contributed by atoms with Gasteiger partial charge in [-0.25, -0.2) is 0 Å². The van der Waals surface area contributed by atoms with Crippen molar-refractivity contribution in [2.45, 2.75) is 0 Å². The molecule has 104 valence electrons. The summed E-state index contributed by atoms with van der Waals surface area (Å²) in [6.07, 6.45) is 0. The van der Waals surface area contributed by atoms with Crippen molar-refractivity contribution in [3.8, 4) is 11.1 Å². The standard InChI is InChI=1S/C15H13N5O/c1-17-14-10-4-2-8(6-11(10)19-20-14)9-3-5-13-12(7-9)18-15(16)21-13/h2-7H,1H3,(H2,16,18)(H2,17,19,20). The molecule has 2 heterocycles. The van der Waals surface area contributed by atoms with E-state index in [-0.39, 0.29) is 6.01 Å². The van der Waals surface area contributed by atoms with Crippen LogP contribution in [0.3, 0.4) is 0 Å². The Morgan fingerprint density at radius 2 is 1.95 bits per heavy atom. The number of H-pyrrole nitrogens is 1. The Kier molecular flexibility index (Phi) is 2.38. The van der Waals surface area contributed by atoms with E-state index in [9.17, 15) is 0 Å². The first-order valence-electron chi connectivity index (χ1n) is 6.57. The van der Waals surface area contributed by atoms with Crippen LogP contribution in [0.2, 0.25) is 0 Å². The second-order valence-electron chi connectivity index (χ2n) is 4.82. The van der Waals surface area contributed by atoms with Crippen molar-refractivity contribution in [2.24, 2.45) is 0 Å². The number of anilines is 2. The number of nitrogens with one attached hydrogen (secondary N) is 2. The molecule has 0 saturated carbocycles. The van der Waals surface area contributed by atoms with Gasteiger partial charge in [-0.3, -0.25) is 5.10 Å². The zero-order chi connectivity index (χ0) is 14.4. The number of fused-ring (bicyclic) bond motifs is 2. The second kappa shape index (κ2) is 4.24. The van der Waals surface area contributed by atoms with E-state index in [0.717, 1.165) is 33.4 Å². The molecule has 0 unspecified atom stereocenters. The maximum atomic E-state index is 5.57. The van der Waals surface area contributed by atoms with Crippen molar-refractivity contribution in [1.29, 1.82) is 0 Å². The molecule has 2 aromatic heterocycles. The van der Waals surface area contributed by atoms with Crippen LogP contribution in [0.1, 0.15) is 0 Å². The summed E-state index contributed by atoms with van der Waals surface area (Å²) in [7, 11) is 1.85. The third kappa shape index (κ3) is 1.80. The topological polar surface area (TPSA) is 92.8 Å². The molecule has 0 amide bonds. The Labute approximate surface area is 120 Å². The van der Waals surface area contributed by atoms with Gasteiger partial charge in [0.05, 0.1) is 5.52 Å². The molecule has 0 bridgehead atoms. The summed E-state index contributed by atoms with van der Waals surface area (Å²) in [6.45, 7) is 0. The van der Waals surface area contributed by atoms with Gasteiger partial charge in [-0.1, -0.05) is 12.1 Å². The molecule has 4 aromatic rings. The lowest BCUT2D eigenvalue weighted by atomic mass is 10.0. The quantitative estimate of drug-likeness (QED) is 0.524. The summed E-state index contributed by atoms with van der Waals surface area (Å²) in [5.74, 6) is 0.844. The number of rotatable bonds is 2. The zero-order valence-corrected chi connectivity index (χ0v) is 11.3. The van der Waals surface area contributed by atoms with Crippen molar-refractivity contribution >= 4 is 33.8 Å². The molecule has 21 heavy (non-hydrogen) atoms. The molecule has 4 N–H and O–H groups in total. The summed E-state index contributed by atoms with van der Waals surface area (Å²) in [4.78, 5) is 4.16. The number of oxazole rings is 1. The van der Waals surface area contributed by atoms with E-state index >= 15 is 0 Å². The minimum absolute atomic E-state index is 0.185. The molecule has 0 radical (unpaired) electrons. The van der Waals surface area contributed by atoms with Crippen molar-refractivity contribution in [3.63, 3.8) is 0 Å². The zero-order valence-electron chi connectivity index (χ0n) is 11.3. The van der Waals surface area contributed by atoms with Crippen LogP contribution in [0.5, 0.6) is 0 Å². The summed E-state index contributed by atoms with van der Waals surface area (Å²) in [5.41, 5.74) is 10.1.